The molecule has 3 fully saturated rings. The maximum atomic E-state index is 14.4. The van der Waals surface area contributed by atoms with Crippen molar-refractivity contribution in [2.45, 2.75) is 56.7 Å². The van der Waals surface area contributed by atoms with Gasteiger partial charge in [0.2, 0.25) is 5.28 Å². The van der Waals surface area contributed by atoms with Crippen LogP contribution in [-0.2, 0) is 14.3 Å². The largest absolute Gasteiger partial charge is 0.464 e. The van der Waals surface area contributed by atoms with Crippen molar-refractivity contribution in [3.05, 3.63) is 58.0 Å². The molecule has 8 nitrogen and oxygen atoms in total. The predicted octanol–water partition coefficient (Wildman–Crippen LogP) is 4.06. The summed E-state index contributed by atoms with van der Waals surface area (Å²) >= 11 is 6.08. The van der Waals surface area contributed by atoms with E-state index in [4.69, 9.17) is 26.8 Å². The standard InChI is InChI=1S/C26H27ClF2N4O4/c1-36-25(35)20-11-21(32-26(27)31-20)33-14-7-8-15(33)10-16(9-14)37-12-17(24(34)13-5-6-13)23(30)22-18(28)3-2-4-19(22)29/h2-4,11,13-16H,5-10,12,30H2,1H3/t14-,15?,16?/m0/s1. The van der Waals surface area contributed by atoms with Crippen LogP contribution >= 0.6 is 11.6 Å². The molecule has 3 atom stereocenters. The van der Waals surface area contributed by atoms with Crippen LogP contribution in [0.2, 0.25) is 5.28 Å². The van der Waals surface area contributed by atoms with Crippen LogP contribution in [0.4, 0.5) is 14.6 Å². The second-order valence-electron chi connectivity index (χ2n) is 9.70. The van der Waals surface area contributed by atoms with Crippen LogP contribution in [0.1, 0.15) is 54.6 Å². The van der Waals surface area contributed by atoms with E-state index in [-0.39, 0.29) is 58.7 Å². The van der Waals surface area contributed by atoms with Gasteiger partial charge in [-0.15, -0.1) is 0 Å². The molecule has 2 aromatic rings. The number of esters is 1. The van der Waals surface area contributed by atoms with Crippen LogP contribution in [0.15, 0.2) is 29.8 Å². The number of aromatic nitrogens is 2. The summed E-state index contributed by atoms with van der Waals surface area (Å²) in [6, 6.07) is 5.21. The Morgan fingerprint density at radius 3 is 2.35 bits per heavy atom. The molecule has 0 spiro atoms. The molecule has 2 bridgehead atoms. The summed E-state index contributed by atoms with van der Waals surface area (Å²) in [5.41, 5.74) is 5.77. The number of halogens is 3. The number of nitrogens with two attached hydrogens (primary N) is 1. The molecule has 0 amide bonds. The first-order valence-electron chi connectivity index (χ1n) is 12.3. The van der Waals surface area contributed by atoms with Crippen molar-refractivity contribution in [1.82, 2.24) is 9.97 Å². The number of rotatable bonds is 8. The van der Waals surface area contributed by atoms with Gasteiger partial charge >= 0.3 is 5.97 Å². The fourth-order valence-corrected chi connectivity index (χ4v) is 5.54. The number of hydrogen-bond acceptors (Lipinski definition) is 8. The number of carbonyl (C=O) groups is 2. The molecule has 37 heavy (non-hydrogen) atoms. The van der Waals surface area contributed by atoms with Crippen LogP contribution in [-0.4, -0.2) is 53.6 Å². The van der Waals surface area contributed by atoms with Gasteiger partial charge in [0.1, 0.15) is 17.5 Å². The Bertz CT molecular complexity index is 1230. The maximum absolute atomic E-state index is 14.4. The molecule has 11 heteroatoms. The zero-order valence-corrected chi connectivity index (χ0v) is 21.0. The van der Waals surface area contributed by atoms with Crippen LogP contribution in [0.3, 0.4) is 0 Å². The minimum atomic E-state index is -0.820. The van der Waals surface area contributed by atoms with E-state index < -0.39 is 23.2 Å². The first-order valence-corrected chi connectivity index (χ1v) is 12.6. The van der Waals surface area contributed by atoms with Crippen molar-refractivity contribution in [2.75, 3.05) is 18.6 Å². The Balaban J connectivity index is 1.33. The maximum Gasteiger partial charge on any atom is 0.356 e. The number of fused-ring (bicyclic) bond motifs is 2. The molecular weight excluding hydrogens is 506 g/mol. The Morgan fingerprint density at radius 1 is 1.11 bits per heavy atom. The molecule has 2 unspecified atom stereocenters. The predicted molar refractivity (Wildman–Crippen MR) is 132 cm³/mol. The number of methoxy groups -OCH3 is 1. The van der Waals surface area contributed by atoms with Gasteiger partial charge in [0.25, 0.3) is 0 Å². The number of Topliss-reactive ketones (excluding diaryl/α,β-unsaturated/α-hetero) is 1. The van der Waals surface area contributed by atoms with Gasteiger partial charge < -0.3 is 20.1 Å². The van der Waals surface area contributed by atoms with Gasteiger partial charge in [-0.3, -0.25) is 4.79 Å². The van der Waals surface area contributed by atoms with Gasteiger partial charge in [-0.2, -0.15) is 0 Å². The van der Waals surface area contributed by atoms with Crippen molar-refractivity contribution in [3.8, 4) is 0 Å². The third-order valence-corrected chi connectivity index (χ3v) is 7.47. The zero-order valence-electron chi connectivity index (χ0n) is 20.3. The molecule has 1 aliphatic carbocycles. The van der Waals surface area contributed by atoms with Gasteiger partial charge in [-0.05, 0) is 62.3 Å². The van der Waals surface area contributed by atoms with Gasteiger partial charge in [0, 0.05) is 29.6 Å². The number of benzene rings is 1. The number of ketones is 1. The van der Waals surface area contributed by atoms with E-state index in [1.807, 2.05) is 0 Å². The summed E-state index contributed by atoms with van der Waals surface area (Å²) in [6.07, 6.45) is 4.35. The minimum Gasteiger partial charge on any atom is -0.464 e. The third-order valence-electron chi connectivity index (χ3n) is 7.30. The number of nitrogens with zero attached hydrogens (tertiary/aromatic N) is 3. The Hall–Kier alpha value is -3.11. The number of ether oxygens (including phenoxy) is 2. The van der Waals surface area contributed by atoms with Gasteiger partial charge in [-0.1, -0.05) is 6.07 Å². The van der Waals surface area contributed by atoms with Crippen molar-refractivity contribution in [2.24, 2.45) is 11.7 Å². The molecule has 196 valence electrons. The summed E-state index contributed by atoms with van der Waals surface area (Å²) in [5.74, 6) is -2.09. The van der Waals surface area contributed by atoms with Crippen LogP contribution in [0.25, 0.3) is 5.70 Å². The van der Waals surface area contributed by atoms with Crippen molar-refractivity contribution < 1.29 is 27.8 Å². The lowest BCUT2D eigenvalue weighted by molar-refractivity contribution is -0.117. The highest BCUT2D eigenvalue weighted by atomic mass is 35.5. The van der Waals surface area contributed by atoms with Gasteiger partial charge in [0.05, 0.1) is 31.1 Å². The highest BCUT2D eigenvalue weighted by Crippen LogP contribution is 2.41. The van der Waals surface area contributed by atoms with E-state index in [2.05, 4.69) is 14.9 Å². The molecule has 1 aromatic heterocycles. The van der Waals surface area contributed by atoms with Crippen molar-refractivity contribution in [3.63, 3.8) is 0 Å². The Kier molecular flexibility index (Phi) is 7.13. The minimum absolute atomic E-state index is 0.0418. The molecular formula is C26H27ClF2N4O4. The fraction of sp³-hybridized carbons (Fsp3) is 0.462. The highest BCUT2D eigenvalue weighted by molar-refractivity contribution is 6.28. The van der Waals surface area contributed by atoms with E-state index >= 15 is 0 Å². The van der Waals surface area contributed by atoms with E-state index in [1.54, 1.807) is 6.07 Å². The lowest BCUT2D eigenvalue weighted by Crippen LogP contribution is -2.46. The number of piperidine rings is 1. The molecule has 2 N–H and O–H groups in total. The molecule has 2 saturated heterocycles. The quantitative estimate of drug-likeness (QED) is 0.308. The van der Waals surface area contributed by atoms with E-state index in [9.17, 15) is 18.4 Å². The molecule has 3 heterocycles. The SMILES string of the molecule is COC(=O)c1cc(N2C3CC[C@H]2CC(OCC(C(=O)C2CC2)=C(N)c2c(F)cccc2F)C3)nc(Cl)n1. The third kappa shape index (κ3) is 5.17. The monoisotopic (exact) mass is 532 g/mol. The van der Waals surface area contributed by atoms with Gasteiger partial charge in [0.15, 0.2) is 11.5 Å². The highest BCUT2D eigenvalue weighted by Gasteiger charge is 2.43. The molecule has 0 radical (unpaired) electrons. The summed E-state index contributed by atoms with van der Waals surface area (Å²) in [4.78, 5) is 35.4. The van der Waals surface area contributed by atoms with E-state index in [1.165, 1.54) is 13.2 Å². The summed E-state index contributed by atoms with van der Waals surface area (Å²) in [6.45, 7) is -0.120. The van der Waals surface area contributed by atoms with E-state index in [0.717, 1.165) is 37.8 Å². The smallest absolute Gasteiger partial charge is 0.356 e. The average molecular weight is 533 g/mol. The lowest BCUT2D eigenvalue weighted by atomic mass is 9.98. The second-order valence-corrected chi connectivity index (χ2v) is 10.0. The topological polar surface area (TPSA) is 108 Å². The average Bonchev–Trinajstić information content (AvgIpc) is 3.68. The van der Waals surface area contributed by atoms with Crippen molar-refractivity contribution >= 4 is 34.9 Å². The Morgan fingerprint density at radius 2 is 1.76 bits per heavy atom. The summed E-state index contributed by atoms with van der Waals surface area (Å²) in [7, 11) is 1.27. The molecule has 1 aromatic carbocycles. The molecule has 3 aliphatic rings. The van der Waals surface area contributed by atoms with Crippen molar-refractivity contribution in [1.29, 1.82) is 0 Å². The second kappa shape index (κ2) is 10.3. The van der Waals surface area contributed by atoms with E-state index in [0.29, 0.717) is 18.7 Å². The molecule has 5 rings (SSSR count). The Labute approximate surface area is 217 Å². The van der Waals surface area contributed by atoms with Gasteiger partial charge in [-0.25, -0.2) is 23.5 Å². The summed E-state index contributed by atoms with van der Waals surface area (Å²) in [5, 5.41) is -0.0418. The number of anilines is 1. The number of hydrogen-bond donors (Lipinski definition) is 1. The molecule has 2 aliphatic heterocycles. The molecule has 1 saturated carbocycles. The first kappa shape index (κ1) is 25.5. The number of carbonyl (C=O) groups excluding carboxylic acids is 2. The fourth-order valence-electron chi connectivity index (χ4n) is 5.37. The zero-order chi connectivity index (χ0) is 26.3. The lowest BCUT2D eigenvalue weighted by Gasteiger charge is -2.39. The normalized spacial score (nSPS) is 23.6. The van der Waals surface area contributed by atoms with Crippen LogP contribution in [0, 0.1) is 17.6 Å². The first-order chi connectivity index (χ1) is 17.8. The summed E-state index contributed by atoms with van der Waals surface area (Å²) < 4.78 is 39.8. The van der Waals surface area contributed by atoms with Crippen LogP contribution in [0.5, 0.6) is 0 Å². The van der Waals surface area contributed by atoms with Crippen LogP contribution < -0.4 is 10.6 Å².